The van der Waals surface area contributed by atoms with Crippen molar-refractivity contribution in [3.63, 3.8) is 0 Å². The summed E-state index contributed by atoms with van der Waals surface area (Å²) in [5.74, 6) is 1.20. The molecule has 0 radical (unpaired) electrons. The van der Waals surface area contributed by atoms with E-state index in [9.17, 15) is 4.79 Å². The fourth-order valence-electron chi connectivity index (χ4n) is 2.97. The lowest BCUT2D eigenvalue weighted by Gasteiger charge is -2.14. The summed E-state index contributed by atoms with van der Waals surface area (Å²) < 4.78 is 5.22. The van der Waals surface area contributed by atoms with E-state index >= 15 is 0 Å². The van der Waals surface area contributed by atoms with Crippen LogP contribution in [0.3, 0.4) is 0 Å². The van der Waals surface area contributed by atoms with Crippen LogP contribution < -0.4 is 15.4 Å². The van der Waals surface area contributed by atoms with Gasteiger partial charge in [-0.1, -0.05) is 38.1 Å². The number of aromatic nitrogens is 1. The highest BCUT2D eigenvalue weighted by atomic mass is 16.5. The van der Waals surface area contributed by atoms with E-state index in [0.717, 1.165) is 17.8 Å². The van der Waals surface area contributed by atoms with Gasteiger partial charge in [0.15, 0.2) is 0 Å². The number of carbonyl (C=O) groups excluding carboxylic acids is 1. The molecule has 0 saturated carbocycles. The summed E-state index contributed by atoms with van der Waals surface area (Å²) in [6.07, 6.45) is 2.81. The molecule has 2 N–H and O–H groups in total. The Morgan fingerprint density at radius 3 is 2.58 bits per heavy atom. The lowest BCUT2D eigenvalue weighted by molar-refractivity contribution is 0.0976. The summed E-state index contributed by atoms with van der Waals surface area (Å²) >= 11 is 0. The van der Waals surface area contributed by atoms with Crippen LogP contribution in [0.5, 0.6) is 5.75 Å². The van der Waals surface area contributed by atoms with Crippen LogP contribution in [-0.2, 0) is 6.54 Å². The lowest BCUT2D eigenvalue weighted by atomic mass is 9.99. The maximum atomic E-state index is 12.8. The lowest BCUT2D eigenvalue weighted by Crippen LogP contribution is -2.36. The molecule has 2 aromatic carbocycles. The van der Waals surface area contributed by atoms with Gasteiger partial charge >= 0.3 is 0 Å². The number of pyridine rings is 1. The van der Waals surface area contributed by atoms with Crippen molar-refractivity contribution in [1.29, 1.82) is 0 Å². The Morgan fingerprint density at radius 2 is 1.90 bits per heavy atom. The molecule has 1 aromatic heterocycles. The molecule has 0 aliphatic heterocycles. The number of amides is 1. The van der Waals surface area contributed by atoms with Crippen molar-refractivity contribution in [3.05, 3.63) is 89.7 Å². The molecule has 31 heavy (non-hydrogen) atoms. The molecule has 0 spiro atoms. The largest absolute Gasteiger partial charge is 0.497 e. The van der Waals surface area contributed by atoms with Gasteiger partial charge in [0, 0.05) is 17.4 Å². The van der Waals surface area contributed by atoms with E-state index in [1.54, 1.807) is 37.6 Å². The number of aliphatic imine (C=N–C) groups is 1. The first-order valence-corrected chi connectivity index (χ1v) is 10.4. The maximum absolute atomic E-state index is 12.8. The van der Waals surface area contributed by atoms with Crippen molar-refractivity contribution in [2.45, 2.75) is 32.7 Å². The molecule has 160 valence electrons. The molecule has 0 saturated heterocycles. The number of hydrogen-bond acceptors (Lipinski definition) is 4. The summed E-state index contributed by atoms with van der Waals surface area (Å²) in [6, 6.07) is 20.8. The van der Waals surface area contributed by atoms with Crippen LogP contribution in [0.1, 0.15) is 47.8 Å². The quantitative estimate of drug-likeness (QED) is 0.420. The third-order valence-corrected chi connectivity index (χ3v) is 5.04. The number of anilines is 1. The zero-order chi connectivity index (χ0) is 22.1. The first-order valence-electron chi connectivity index (χ1n) is 10.4. The molecule has 0 aliphatic rings. The summed E-state index contributed by atoms with van der Waals surface area (Å²) in [6.45, 7) is 4.72. The van der Waals surface area contributed by atoms with Gasteiger partial charge < -0.3 is 10.1 Å². The van der Waals surface area contributed by atoms with Gasteiger partial charge in [-0.15, -0.1) is 0 Å². The van der Waals surface area contributed by atoms with Crippen LogP contribution in [0.25, 0.3) is 0 Å². The summed E-state index contributed by atoms with van der Waals surface area (Å²) in [5.41, 5.74) is 3.42. The van der Waals surface area contributed by atoms with Gasteiger partial charge in [-0.2, -0.15) is 0 Å². The fourth-order valence-corrected chi connectivity index (χ4v) is 2.97. The highest BCUT2D eigenvalue weighted by molar-refractivity contribution is 6.10. The average Bonchev–Trinajstić information content (AvgIpc) is 2.83. The smallest absolute Gasteiger partial charge is 0.258 e. The topological polar surface area (TPSA) is 75.6 Å². The summed E-state index contributed by atoms with van der Waals surface area (Å²) in [4.78, 5) is 21.6. The second kappa shape index (κ2) is 10.9. The Hall–Kier alpha value is -3.67. The fraction of sp³-hybridized carbons (Fsp3) is 0.240. The van der Waals surface area contributed by atoms with E-state index in [0.29, 0.717) is 29.7 Å². The number of guanidine groups is 1. The molecular formula is C25H28N4O2. The summed E-state index contributed by atoms with van der Waals surface area (Å²) in [5, 5.41) is 6.09. The number of methoxy groups -OCH3 is 1. The number of ether oxygens (including phenoxy) is 1. The molecular weight excluding hydrogens is 388 g/mol. The first kappa shape index (κ1) is 22.0. The monoisotopic (exact) mass is 416 g/mol. The van der Waals surface area contributed by atoms with Gasteiger partial charge in [-0.05, 0) is 60.4 Å². The van der Waals surface area contributed by atoms with Crippen LogP contribution in [-0.4, -0.2) is 24.0 Å². The number of nitrogens with one attached hydrogen (secondary N) is 2. The molecule has 6 nitrogen and oxygen atoms in total. The maximum Gasteiger partial charge on any atom is 0.258 e. The van der Waals surface area contributed by atoms with Crippen LogP contribution in [0.4, 0.5) is 5.69 Å². The molecule has 1 amide bonds. The van der Waals surface area contributed by atoms with Crippen molar-refractivity contribution >= 4 is 17.6 Å². The van der Waals surface area contributed by atoms with Crippen molar-refractivity contribution in [2.24, 2.45) is 4.99 Å². The second-order valence-electron chi connectivity index (χ2n) is 7.23. The van der Waals surface area contributed by atoms with Gasteiger partial charge in [-0.3, -0.25) is 15.1 Å². The molecule has 0 aliphatic carbocycles. The van der Waals surface area contributed by atoms with Gasteiger partial charge in [0.2, 0.25) is 5.96 Å². The molecule has 6 heteroatoms. The Labute approximate surface area is 183 Å². The minimum atomic E-state index is -0.276. The Morgan fingerprint density at radius 1 is 1.10 bits per heavy atom. The summed E-state index contributed by atoms with van der Waals surface area (Å²) in [7, 11) is 1.57. The van der Waals surface area contributed by atoms with E-state index in [1.807, 2.05) is 30.3 Å². The second-order valence-corrected chi connectivity index (χ2v) is 7.23. The predicted octanol–water partition coefficient (Wildman–Crippen LogP) is 5.00. The third kappa shape index (κ3) is 6.40. The highest BCUT2D eigenvalue weighted by Gasteiger charge is 2.11. The van der Waals surface area contributed by atoms with Crippen LogP contribution in [0, 0.1) is 0 Å². The molecule has 0 bridgehead atoms. The van der Waals surface area contributed by atoms with Gasteiger partial charge in [-0.25, -0.2) is 4.99 Å². The first-order chi connectivity index (χ1) is 15.1. The van der Waals surface area contributed by atoms with Crippen LogP contribution >= 0.6 is 0 Å². The van der Waals surface area contributed by atoms with E-state index < -0.39 is 0 Å². The molecule has 3 aromatic rings. The van der Waals surface area contributed by atoms with Crippen LogP contribution in [0.15, 0.2) is 77.9 Å². The number of hydrogen-bond donors (Lipinski definition) is 2. The highest BCUT2D eigenvalue weighted by Crippen LogP contribution is 2.20. The van der Waals surface area contributed by atoms with E-state index in [2.05, 4.69) is 46.6 Å². The van der Waals surface area contributed by atoms with Crippen LogP contribution in [0.2, 0.25) is 0 Å². The van der Waals surface area contributed by atoms with E-state index in [-0.39, 0.29) is 5.91 Å². The zero-order valence-corrected chi connectivity index (χ0v) is 18.1. The Bertz CT molecular complexity index is 1020. The minimum Gasteiger partial charge on any atom is -0.497 e. The number of carbonyl (C=O) groups is 1. The normalized spacial score (nSPS) is 12.2. The van der Waals surface area contributed by atoms with Crippen molar-refractivity contribution in [3.8, 4) is 5.75 Å². The molecule has 1 atom stereocenters. The SMILES string of the molecule is CC[C@H](C)c1ccc(NC(=NCc2ccccn2)NC(=O)c2cccc(OC)c2)cc1. The standard InChI is InChI=1S/C25H28N4O2/c1-4-18(2)19-11-13-21(14-12-19)28-25(27-17-22-9-5-6-15-26-22)29-24(30)20-8-7-10-23(16-20)31-3/h5-16,18H,4,17H2,1-3H3,(H2,27,28,29,30)/t18-/m0/s1. The van der Waals surface area contributed by atoms with Gasteiger partial charge in [0.25, 0.3) is 5.91 Å². The molecule has 0 fully saturated rings. The number of rotatable bonds is 7. The van der Waals surface area contributed by atoms with Crippen molar-refractivity contribution in [2.75, 3.05) is 12.4 Å². The number of nitrogens with zero attached hydrogens (tertiary/aromatic N) is 2. The predicted molar refractivity (Wildman–Crippen MR) is 125 cm³/mol. The Balaban J connectivity index is 1.79. The average molecular weight is 417 g/mol. The third-order valence-electron chi connectivity index (χ3n) is 5.04. The van der Waals surface area contributed by atoms with Crippen molar-refractivity contribution in [1.82, 2.24) is 10.3 Å². The molecule has 0 unspecified atom stereocenters. The van der Waals surface area contributed by atoms with E-state index in [1.165, 1.54) is 5.56 Å². The number of benzene rings is 2. The zero-order valence-electron chi connectivity index (χ0n) is 18.1. The van der Waals surface area contributed by atoms with Crippen molar-refractivity contribution < 1.29 is 9.53 Å². The van der Waals surface area contributed by atoms with E-state index in [4.69, 9.17) is 4.74 Å². The minimum absolute atomic E-state index is 0.276. The Kier molecular flexibility index (Phi) is 7.76. The van der Waals surface area contributed by atoms with Gasteiger partial charge in [0.05, 0.1) is 19.3 Å². The molecule has 1 heterocycles. The molecule has 3 rings (SSSR count). The van der Waals surface area contributed by atoms with Gasteiger partial charge in [0.1, 0.15) is 5.75 Å².